The van der Waals surface area contributed by atoms with Crippen molar-refractivity contribution in [2.45, 2.75) is 6.92 Å². The van der Waals surface area contributed by atoms with Gasteiger partial charge in [-0.1, -0.05) is 6.07 Å². The molecule has 0 spiro atoms. The van der Waals surface area contributed by atoms with Gasteiger partial charge in [0.2, 0.25) is 5.88 Å². The number of esters is 1. The van der Waals surface area contributed by atoms with E-state index in [1.807, 2.05) is 12.1 Å². The molecular weight excluding hydrogens is 388 g/mol. The standard InChI is InChI=1S/C18H19BrN2O4/c1-2-24-18(22)13-4-3-5-14(10-13)20-12-15-11-16(19)17(25-15)21-6-8-23-9-7-21/h3-5,10-12H,2,6-9H2,1H3. The third-order valence-corrected chi connectivity index (χ3v) is 4.25. The number of benzene rings is 1. The number of aliphatic imine (C=N–C) groups is 1. The van der Waals surface area contributed by atoms with Crippen LogP contribution >= 0.6 is 15.9 Å². The zero-order chi connectivity index (χ0) is 17.6. The van der Waals surface area contributed by atoms with Crippen molar-refractivity contribution in [1.29, 1.82) is 0 Å². The van der Waals surface area contributed by atoms with Crippen molar-refractivity contribution in [3.05, 3.63) is 46.1 Å². The minimum absolute atomic E-state index is 0.344. The lowest BCUT2D eigenvalue weighted by atomic mass is 10.2. The summed E-state index contributed by atoms with van der Waals surface area (Å²) in [6, 6.07) is 8.87. The van der Waals surface area contributed by atoms with Crippen LogP contribution in [0, 0.1) is 0 Å². The monoisotopic (exact) mass is 406 g/mol. The van der Waals surface area contributed by atoms with Gasteiger partial charge in [0, 0.05) is 19.2 Å². The molecule has 1 aliphatic rings. The second kappa shape index (κ2) is 8.31. The number of hydrogen-bond donors (Lipinski definition) is 0. The third kappa shape index (κ3) is 4.49. The molecule has 1 fully saturated rings. The molecule has 2 aromatic rings. The van der Waals surface area contributed by atoms with E-state index in [0.29, 0.717) is 36.8 Å². The topological polar surface area (TPSA) is 64.3 Å². The highest BCUT2D eigenvalue weighted by atomic mass is 79.9. The van der Waals surface area contributed by atoms with E-state index >= 15 is 0 Å². The Hall–Kier alpha value is -2.12. The Morgan fingerprint density at radius 2 is 2.16 bits per heavy atom. The van der Waals surface area contributed by atoms with Crippen LogP contribution in [0.1, 0.15) is 23.0 Å². The minimum Gasteiger partial charge on any atom is -0.462 e. The van der Waals surface area contributed by atoms with Crippen molar-refractivity contribution in [3.8, 4) is 0 Å². The molecule has 7 heteroatoms. The molecular formula is C18H19BrN2O4. The van der Waals surface area contributed by atoms with Crippen molar-refractivity contribution >= 4 is 39.7 Å². The Morgan fingerprint density at radius 3 is 2.92 bits per heavy atom. The number of nitrogens with zero attached hydrogens (tertiary/aromatic N) is 2. The molecule has 132 valence electrons. The van der Waals surface area contributed by atoms with E-state index in [4.69, 9.17) is 13.9 Å². The van der Waals surface area contributed by atoms with Gasteiger partial charge in [0.25, 0.3) is 0 Å². The maximum absolute atomic E-state index is 11.8. The van der Waals surface area contributed by atoms with Crippen LogP contribution in [0.5, 0.6) is 0 Å². The smallest absolute Gasteiger partial charge is 0.338 e. The number of carbonyl (C=O) groups excluding carboxylic acids is 1. The van der Waals surface area contributed by atoms with E-state index in [2.05, 4.69) is 25.8 Å². The Bertz CT molecular complexity index is 766. The summed E-state index contributed by atoms with van der Waals surface area (Å²) in [7, 11) is 0. The van der Waals surface area contributed by atoms with E-state index < -0.39 is 0 Å². The summed E-state index contributed by atoms with van der Waals surface area (Å²) >= 11 is 3.53. The van der Waals surface area contributed by atoms with Crippen LogP contribution < -0.4 is 4.90 Å². The van der Waals surface area contributed by atoms with Gasteiger partial charge in [-0.2, -0.15) is 0 Å². The zero-order valence-electron chi connectivity index (χ0n) is 13.9. The normalized spacial score (nSPS) is 14.9. The van der Waals surface area contributed by atoms with Gasteiger partial charge < -0.3 is 18.8 Å². The summed E-state index contributed by atoms with van der Waals surface area (Å²) in [4.78, 5) is 18.3. The van der Waals surface area contributed by atoms with Crippen molar-refractivity contribution in [3.63, 3.8) is 0 Å². The molecule has 0 unspecified atom stereocenters. The summed E-state index contributed by atoms with van der Waals surface area (Å²) in [5.41, 5.74) is 1.14. The lowest BCUT2D eigenvalue weighted by molar-refractivity contribution is 0.0526. The molecule has 25 heavy (non-hydrogen) atoms. The fourth-order valence-electron chi connectivity index (χ4n) is 2.49. The highest BCUT2D eigenvalue weighted by Crippen LogP contribution is 2.30. The highest BCUT2D eigenvalue weighted by Gasteiger charge is 2.18. The lowest BCUT2D eigenvalue weighted by Crippen LogP contribution is -2.36. The number of anilines is 1. The predicted molar refractivity (Wildman–Crippen MR) is 99.1 cm³/mol. The summed E-state index contributed by atoms with van der Waals surface area (Å²) < 4.78 is 17.1. The van der Waals surface area contributed by atoms with Crippen molar-refractivity contribution in [2.75, 3.05) is 37.8 Å². The Labute approximate surface area is 154 Å². The second-order valence-electron chi connectivity index (χ2n) is 5.43. The highest BCUT2D eigenvalue weighted by molar-refractivity contribution is 9.10. The number of rotatable bonds is 5. The van der Waals surface area contributed by atoms with Gasteiger partial charge in [-0.25, -0.2) is 4.79 Å². The van der Waals surface area contributed by atoms with Gasteiger partial charge in [0.15, 0.2) is 0 Å². The number of carbonyl (C=O) groups is 1. The van der Waals surface area contributed by atoms with Crippen LogP contribution in [-0.2, 0) is 9.47 Å². The maximum atomic E-state index is 11.8. The Balaban J connectivity index is 1.74. The zero-order valence-corrected chi connectivity index (χ0v) is 15.5. The van der Waals surface area contributed by atoms with Gasteiger partial charge in [0.1, 0.15) is 5.76 Å². The quantitative estimate of drug-likeness (QED) is 0.557. The average Bonchev–Trinajstić information content (AvgIpc) is 3.02. The molecule has 1 aliphatic heterocycles. The van der Waals surface area contributed by atoms with Gasteiger partial charge in [-0.15, -0.1) is 0 Å². The number of ether oxygens (including phenoxy) is 2. The first kappa shape index (κ1) is 17.7. The predicted octanol–water partition coefficient (Wildman–Crippen LogP) is 3.81. The molecule has 3 rings (SSSR count). The molecule has 0 bridgehead atoms. The van der Waals surface area contributed by atoms with Crippen molar-refractivity contribution in [1.82, 2.24) is 0 Å². The van der Waals surface area contributed by atoms with Gasteiger partial charge in [-0.05, 0) is 41.1 Å². The molecule has 6 nitrogen and oxygen atoms in total. The molecule has 0 radical (unpaired) electrons. The van der Waals surface area contributed by atoms with Gasteiger partial charge in [0.05, 0.1) is 41.8 Å². The summed E-state index contributed by atoms with van der Waals surface area (Å²) in [6.45, 7) is 5.10. The number of halogens is 1. The molecule has 0 saturated carbocycles. The average molecular weight is 407 g/mol. The van der Waals surface area contributed by atoms with E-state index in [0.717, 1.165) is 23.4 Å². The Kier molecular flexibility index (Phi) is 5.88. The maximum Gasteiger partial charge on any atom is 0.338 e. The molecule has 1 saturated heterocycles. The molecule has 1 aromatic heterocycles. The van der Waals surface area contributed by atoms with E-state index in [9.17, 15) is 4.79 Å². The second-order valence-corrected chi connectivity index (χ2v) is 6.28. The summed E-state index contributed by atoms with van der Waals surface area (Å²) in [5.74, 6) is 1.06. The number of hydrogen-bond acceptors (Lipinski definition) is 6. The van der Waals surface area contributed by atoms with Crippen LogP contribution in [0.15, 0.2) is 44.2 Å². The first-order chi connectivity index (χ1) is 12.2. The molecule has 0 aliphatic carbocycles. The van der Waals surface area contributed by atoms with Crippen LogP contribution in [0.2, 0.25) is 0 Å². The lowest BCUT2D eigenvalue weighted by Gasteiger charge is -2.26. The molecule has 2 heterocycles. The van der Waals surface area contributed by atoms with Crippen LogP contribution in [-0.4, -0.2) is 45.1 Å². The van der Waals surface area contributed by atoms with Gasteiger partial charge >= 0.3 is 5.97 Å². The number of morpholine rings is 1. The molecule has 0 amide bonds. The molecule has 1 aromatic carbocycles. The molecule has 0 N–H and O–H groups in total. The summed E-state index contributed by atoms with van der Waals surface area (Å²) in [5, 5.41) is 0. The fourth-order valence-corrected chi connectivity index (χ4v) is 3.05. The van der Waals surface area contributed by atoms with E-state index in [1.54, 1.807) is 31.3 Å². The van der Waals surface area contributed by atoms with Gasteiger partial charge in [-0.3, -0.25) is 4.99 Å². The van der Waals surface area contributed by atoms with Crippen LogP contribution in [0.25, 0.3) is 0 Å². The molecule has 0 atom stereocenters. The largest absolute Gasteiger partial charge is 0.462 e. The fraction of sp³-hybridized carbons (Fsp3) is 0.333. The van der Waals surface area contributed by atoms with Crippen LogP contribution in [0.4, 0.5) is 11.6 Å². The van der Waals surface area contributed by atoms with Crippen molar-refractivity contribution < 1.29 is 18.7 Å². The number of furan rings is 1. The van der Waals surface area contributed by atoms with Crippen LogP contribution in [0.3, 0.4) is 0 Å². The Morgan fingerprint density at radius 1 is 1.36 bits per heavy atom. The SMILES string of the molecule is CCOC(=O)c1cccc(N=Cc2cc(Br)c(N3CCOCC3)o2)c1. The first-order valence-electron chi connectivity index (χ1n) is 8.10. The summed E-state index contributed by atoms with van der Waals surface area (Å²) in [6.07, 6.45) is 1.64. The van der Waals surface area contributed by atoms with Crippen molar-refractivity contribution in [2.24, 2.45) is 4.99 Å². The van der Waals surface area contributed by atoms with E-state index in [1.165, 1.54) is 0 Å². The first-order valence-corrected chi connectivity index (χ1v) is 8.90. The minimum atomic E-state index is -0.352. The third-order valence-electron chi connectivity index (χ3n) is 3.68. The van der Waals surface area contributed by atoms with E-state index in [-0.39, 0.29) is 5.97 Å².